The maximum absolute atomic E-state index is 14.1. The fourth-order valence-corrected chi connectivity index (χ4v) is 4.66. The van der Waals surface area contributed by atoms with Gasteiger partial charge in [-0.25, -0.2) is 4.39 Å². The predicted octanol–water partition coefficient (Wildman–Crippen LogP) is 6.99. The number of amides is 1. The van der Waals surface area contributed by atoms with Crippen molar-refractivity contribution in [1.29, 1.82) is 0 Å². The molecule has 190 valence electrons. The summed E-state index contributed by atoms with van der Waals surface area (Å²) in [6.07, 6.45) is 0. The van der Waals surface area contributed by atoms with Gasteiger partial charge in [0, 0.05) is 16.3 Å². The van der Waals surface area contributed by atoms with Crippen LogP contribution in [0.4, 0.5) is 10.1 Å². The van der Waals surface area contributed by atoms with Crippen LogP contribution in [0.5, 0.6) is 5.75 Å². The zero-order chi connectivity index (χ0) is 26.8. The highest BCUT2D eigenvalue weighted by Gasteiger charge is 2.47. The molecular weight excluding hydrogens is 505 g/mol. The normalized spacial score (nSPS) is 16.6. The predicted molar refractivity (Wildman–Crippen MR) is 145 cm³/mol. The number of hydrogen-bond acceptors (Lipinski definition) is 4. The van der Waals surface area contributed by atoms with E-state index in [1.807, 2.05) is 37.3 Å². The highest BCUT2D eigenvalue weighted by molar-refractivity contribution is 6.51. The Morgan fingerprint density at radius 2 is 1.68 bits per heavy atom. The van der Waals surface area contributed by atoms with Gasteiger partial charge in [0.25, 0.3) is 11.7 Å². The largest absolute Gasteiger partial charge is 0.507 e. The molecule has 0 spiro atoms. The molecule has 0 radical (unpaired) electrons. The molecular formula is C31H23ClFNO4. The fraction of sp³-hybridized carbons (Fsp3) is 0.0968. The maximum Gasteiger partial charge on any atom is 0.300 e. The Hall–Kier alpha value is -4.42. The second kappa shape index (κ2) is 10.5. The molecule has 5 rings (SSSR count). The van der Waals surface area contributed by atoms with Gasteiger partial charge in [-0.2, -0.15) is 0 Å². The van der Waals surface area contributed by atoms with Gasteiger partial charge in [0.2, 0.25) is 0 Å². The van der Waals surface area contributed by atoms with Crippen molar-refractivity contribution in [1.82, 2.24) is 0 Å². The number of anilines is 1. The molecule has 1 atom stereocenters. The number of hydrogen-bond donors (Lipinski definition) is 1. The first-order valence-electron chi connectivity index (χ1n) is 11.9. The summed E-state index contributed by atoms with van der Waals surface area (Å²) in [6, 6.07) is 25.8. The summed E-state index contributed by atoms with van der Waals surface area (Å²) < 4.78 is 20.0. The first-order valence-corrected chi connectivity index (χ1v) is 12.3. The third kappa shape index (κ3) is 4.91. The van der Waals surface area contributed by atoms with Crippen molar-refractivity contribution in [3.63, 3.8) is 0 Å². The molecule has 4 aromatic carbocycles. The lowest BCUT2D eigenvalue weighted by Crippen LogP contribution is -2.29. The average molecular weight is 528 g/mol. The van der Waals surface area contributed by atoms with Crippen LogP contribution in [0.1, 0.15) is 28.3 Å². The standard InChI is InChI=1S/C31H23ClFNO4/c1-19-16-22(12-15-26(19)38-18-20-6-3-2-4-7-20)29(35)27-28(21-10-13-23(32)14-11-21)34(31(37)30(27)36)25-9-5-8-24(33)17-25/h2-17,28,35H,18H2,1H3/b29-27+. The molecule has 1 saturated heterocycles. The highest BCUT2D eigenvalue weighted by atomic mass is 35.5. The first kappa shape index (κ1) is 25.2. The Labute approximate surface area is 224 Å². The van der Waals surface area contributed by atoms with Gasteiger partial charge in [0.1, 0.15) is 23.9 Å². The zero-order valence-electron chi connectivity index (χ0n) is 20.4. The van der Waals surface area contributed by atoms with Crippen molar-refractivity contribution in [2.75, 3.05) is 4.90 Å². The summed E-state index contributed by atoms with van der Waals surface area (Å²) in [5, 5.41) is 11.8. The molecule has 1 aliphatic rings. The minimum Gasteiger partial charge on any atom is -0.507 e. The quantitative estimate of drug-likeness (QED) is 0.167. The minimum absolute atomic E-state index is 0.0982. The van der Waals surface area contributed by atoms with Crippen molar-refractivity contribution in [3.8, 4) is 5.75 Å². The topological polar surface area (TPSA) is 66.8 Å². The van der Waals surface area contributed by atoms with Crippen molar-refractivity contribution in [3.05, 3.63) is 136 Å². The first-order chi connectivity index (χ1) is 18.3. The van der Waals surface area contributed by atoms with Crippen LogP contribution in [-0.4, -0.2) is 16.8 Å². The van der Waals surface area contributed by atoms with Crippen molar-refractivity contribution in [2.24, 2.45) is 0 Å². The monoisotopic (exact) mass is 527 g/mol. The molecule has 1 N–H and O–H groups in total. The summed E-state index contributed by atoms with van der Waals surface area (Å²) in [4.78, 5) is 27.7. The van der Waals surface area contributed by atoms with E-state index in [9.17, 15) is 19.1 Å². The number of Topliss-reactive ketones (excluding diaryl/α,β-unsaturated/α-hetero) is 1. The lowest BCUT2D eigenvalue weighted by Gasteiger charge is -2.25. The van der Waals surface area contributed by atoms with Crippen LogP contribution in [0, 0.1) is 12.7 Å². The second-order valence-corrected chi connectivity index (χ2v) is 9.39. The number of nitrogens with zero attached hydrogens (tertiary/aromatic N) is 1. The molecule has 1 unspecified atom stereocenters. The number of halogens is 2. The van der Waals surface area contributed by atoms with Gasteiger partial charge in [-0.3, -0.25) is 14.5 Å². The van der Waals surface area contributed by atoms with Crippen molar-refractivity contribution in [2.45, 2.75) is 19.6 Å². The van der Waals surface area contributed by atoms with Gasteiger partial charge >= 0.3 is 0 Å². The Morgan fingerprint density at radius 3 is 2.37 bits per heavy atom. The summed E-state index contributed by atoms with van der Waals surface area (Å²) in [7, 11) is 0. The number of ether oxygens (including phenoxy) is 1. The van der Waals surface area contributed by atoms with E-state index in [-0.39, 0.29) is 17.0 Å². The van der Waals surface area contributed by atoms with Gasteiger partial charge in [0.15, 0.2) is 0 Å². The van der Waals surface area contributed by atoms with Gasteiger partial charge in [0.05, 0.1) is 11.6 Å². The molecule has 4 aromatic rings. The van der Waals surface area contributed by atoms with Gasteiger partial charge in [-0.15, -0.1) is 0 Å². The van der Waals surface area contributed by atoms with Gasteiger partial charge in [-0.1, -0.05) is 60.1 Å². The van der Waals surface area contributed by atoms with Crippen LogP contribution in [0.3, 0.4) is 0 Å². The third-order valence-electron chi connectivity index (χ3n) is 6.40. The molecule has 38 heavy (non-hydrogen) atoms. The van der Waals surface area contributed by atoms with Crippen LogP contribution in [-0.2, 0) is 16.2 Å². The third-order valence-corrected chi connectivity index (χ3v) is 6.65. The Bertz CT molecular complexity index is 1550. The Balaban J connectivity index is 1.56. The molecule has 5 nitrogen and oxygen atoms in total. The molecule has 0 aromatic heterocycles. The summed E-state index contributed by atoms with van der Waals surface area (Å²) in [6.45, 7) is 2.21. The van der Waals surface area contributed by atoms with Crippen LogP contribution in [0.15, 0.2) is 103 Å². The van der Waals surface area contributed by atoms with Gasteiger partial charge in [-0.05, 0) is 72.1 Å². The van der Waals surface area contributed by atoms with Gasteiger partial charge < -0.3 is 9.84 Å². The zero-order valence-corrected chi connectivity index (χ0v) is 21.2. The second-order valence-electron chi connectivity index (χ2n) is 8.96. The molecule has 1 amide bonds. The number of benzene rings is 4. The van der Waals surface area contributed by atoms with Crippen molar-refractivity contribution < 1.29 is 23.8 Å². The Kier molecular flexibility index (Phi) is 6.99. The summed E-state index contributed by atoms with van der Waals surface area (Å²) >= 11 is 6.07. The number of aryl methyl sites for hydroxylation is 1. The number of carbonyl (C=O) groups is 2. The molecule has 0 aliphatic carbocycles. The van der Waals surface area contributed by atoms with E-state index in [0.717, 1.165) is 11.1 Å². The van der Waals surface area contributed by atoms with E-state index in [4.69, 9.17) is 16.3 Å². The average Bonchev–Trinajstić information content (AvgIpc) is 3.18. The summed E-state index contributed by atoms with van der Waals surface area (Å²) in [5.41, 5.74) is 2.75. The lowest BCUT2D eigenvalue weighted by atomic mass is 9.94. The molecule has 7 heteroatoms. The number of aliphatic hydroxyl groups is 1. The van der Waals surface area contributed by atoms with Crippen LogP contribution < -0.4 is 9.64 Å². The lowest BCUT2D eigenvalue weighted by molar-refractivity contribution is -0.132. The molecule has 0 saturated carbocycles. The highest BCUT2D eigenvalue weighted by Crippen LogP contribution is 2.42. The maximum atomic E-state index is 14.1. The fourth-order valence-electron chi connectivity index (χ4n) is 4.53. The van der Waals surface area contributed by atoms with E-state index in [1.165, 1.54) is 23.1 Å². The molecule has 1 heterocycles. The number of carbonyl (C=O) groups excluding carboxylic acids is 2. The van der Waals surface area contributed by atoms with Crippen LogP contribution in [0.2, 0.25) is 5.02 Å². The van der Waals surface area contributed by atoms with E-state index < -0.39 is 23.5 Å². The van der Waals surface area contributed by atoms with Crippen LogP contribution >= 0.6 is 11.6 Å². The molecule has 1 fully saturated rings. The number of aliphatic hydroxyl groups excluding tert-OH is 1. The SMILES string of the molecule is Cc1cc(/C(O)=C2\C(=O)C(=O)N(c3cccc(F)c3)C2c2ccc(Cl)cc2)ccc1OCc1ccccc1. The van der Waals surface area contributed by atoms with Crippen LogP contribution in [0.25, 0.3) is 5.76 Å². The van der Waals surface area contributed by atoms with Crippen molar-refractivity contribution >= 4 is 34.7 Å². The Morgan fingerprint density at radius 1 is 0.947 bits per heavy atom. The van der Waals surface area contributed by atoms with E-state index in [0.29, 0.717) is 28.5 Å². The minimum atomic E-state index is -0.983. The molecule has 1 aliphatic heterocycles. The molecule has 0 bridgehead atoms. The van der Waals surface area contributed by atoms with E-state index >= 15 is 0 Å². The number of rotatable bonds is 6. The number of ketones is 1. The van der Waals surface area contributed by atoms with E-state index in [1.54, 1.807) is 48.5 Å². The smallest absolute Gasteiger partial charge is 0.300 e. The van der Waals surface area contributed by atoms with E-state index in [2.05, 4.69) is 0 Å². The summed E-state index contributed by atoms with van der Waals surface area (Å²) in [5.74, 6) is -1.99.